The van der Waals surface area contributed by atoms with Gasteiger partial charge in [0.15, 0.2) is 10.8 Å². The Kier molecular flexibility index (Phi) is 18.2. The molecule has 7 aromatic rings. The molecule has 16 nitrogen and oxygen atoms in total. The van der Waals surface area contributed by atoms with Gasteiger partial charge in [0.25, 0.3) is 5.91 Å². The Hall–Kier alpha value is -7.54. The third kappa shape index (κ3) is 14.0. The molecule has 430 valence electrons. The maximum absolute atomic E-state index is 14.3. The van der Waals surface area contributed by atoms with Crippen molar-refractivity contribution >= 4 is 73.4 Å². The molecule has 0 radical (unpaired) electrons. The van der Waals surface area contributed by atoms with Gasteiger partial charge in [-0.25, -0.2) is 19.7 Å². The zero-order chi connectivity index (χ0) is 58.5. The monoisotopic (exact) mass is 1150 g/mol. The van der Waals surface area contributed by atoms with E-state index in [-0.39, 0.29) is 48.8 Å². The van der Waals surface area contributed by atoms with Crippen molar-refractivity contribution in [3.05, 3.63) is 142 Å². The van der Waals surface area contributed by atoms with E-state index < -0.39 is 41.1 Å². The number of anilines is 2. The molecule has 4 N–H and O–H groups in total. The summed E-state index contributed by atoms with van der Waals surface area (Å²) in [6.45, 7) is 18.4. The number of unbranched alkanes of at least 4 members (excludes halogenated alkanes) is 3. The summed E-state index contributed by atoms with van der Waals surface area (Å²) < 4.78 is 13.3. The van der Waals surface area contributed by atoms with Crippen LogP contribution in [0.3, 0.4) is 0 Å². The number of para-hydroxylation sites is 1. The van der Waals surface area contributed by atoms with Gasteiger partial charge in [-0.3, -0.25) is 24.5 Å². The Bertz CT molecular complexity index is 3440. The Morgan fingerprint density at radius 2 is 1.59 bits per heavy atom. The quantitative estimate of drug-likeness (QED) is 0.0441. The molecule has 0 spiro atoms. The molecule has 0 aliphatic carbocycles. The van der Waals surface area contributed by atoms with Crippen molar-refractivity contribution in [1.29, 1.82) is 0 Å². The van der Waals surface area contributed by atoms with Gasteiger partial charge in [-0.2, -0.15) is 0 Å². The van der Waals surface area contributed by atoms with E-state index in [0.29, 0.717) is 60.4 Å². The maximum Gasteiger partial charge on any atom is 0.358 e. The second kappa shape index (κ2) is 25.3. The Balaban J connectivity index is 0.779. The van der Waals surface area contributed by atoms with Gasteiger partial charge in [0.2, 0.25) is 17.7 Å². The summed E-state index contributed by atoms with van der Waals surface area (Å²) in [5, 5.41) is 20.3. The second-order valence-corrected chi connectivity index (χ2v) is 25.3. The molecule has 0 saturated carbocycles. The topological polar surface area (TPSA) is 205 Å². The minimum Gasteiger partial charge on any atom is -0.493 e. The Morgan fingerprint density at radius 1 is 0.829 bits per heavy atom. The Labute approximate surface area is 488 Å². The first kappa shape index (κ1) is 59.1. The molecular weight excluding hydrogens is 1070 g/mol. The van der Waals surface area contributed by atoms with Crippen LogP contribution in [-0.4, -0.2) is 98.0 Å². The van der Waals surface area contributed by atoms with Gasteiger partial charge >= 0.3 is 5.97 Å². The highest BCUT2D eigenvalue weighted by atomic mass is 32.1. The average Bonchev–Trinajstić information content (AvgIpc) is 4.33. The zero-order valence-corrected chi connectivity index (χ0v) is 49.9. The lowest BCUT2D eigenvalue weighted by atomic mass is 9.85. The summed E-state index contributed by atoms with van der Waals surface area (Å²) in [5.74, 6) is -0.538. The summed E-state index contributed by atoms with van der Waals surface area (Å²) in [7, 11) is 0. The van der Waals surface area contributed by atoms with Crippen molar-refractivity contribution in [3.8, 4) is 27.3 Å². The number of hydrogen-bond donors (Lipinski definition) is 4. The van der Waals surface area contributed by atoms with E-state index in [4.69, 9.17) is 14.5 Å². The number of aryl methyl sites for hydroxylation is 1. The number of hydrogen-bond acceptors (Lipinski definition) is 14. The molecule has 1 fully saturated rings. The number of nitrogens with zero attached hydrogens (tertiary/aromatic N) is 5. The van der Waals surface area contributed by atoms with E-state index in [0.717, 1.165) is 73.4 Å². The summed E-state index contributed by atoms with van der Waals surface area (Å²) >= 11 is 3.01. The van der Waals surface area contributed by atoms with E-state index in [9.17, 15) is 29.1 Å². The predicted octanol–water partition coefficient (Wildman–Crippen LogP) is 11.6. The molecule has 9 rings (SSSR count). The minimum atomic E-state index is -0.915. The number of amides is 4. The van der Waals surface area contributed by atoms with Crippen LogP contribution in [0, 0.1) is 19.3 Å². The van der Waals surface area contributed by atoms with Gasteiger partial charge in [0.1, 0.15) is 29.3 Å². The highest BCUT2D eigenvalue weighted by molar-refractivity contribution is 7.22. The molecule has 2 aliphatic heterocycles. The van der Waals surface area contributed by atoms with Crippen LogP contribution in [0.1, 0.15) is 142 Å². The van der Waals surface area contributed by atoms with Crippen LogP contribution < -0.4 is 25.6 Å². The van der Waals surface area contributed by atoms with Gasteiger partial charge < -0.3 is 35.0 Å². The standard InChI is InChI=1S/C64H74N8O8S2/c1-38-45(46-29-30-53(68-55(46)61(78)80-64(7,8)9)71-32-31-42-18-16-20-47(48(42)36-71)58(75)70-62-67-49-21-13-14-23-52(49)82-62)19-17-22-51(38)79-33-15-11-10-12-24-54(74)69-57(63(4,5)6)60(77)72-35-44(73)34-50(72)59(76)66-39(2)41-25-27-43(28-26-41)56-40(3)65-37-81-56/h13-14,16-23,25-30,37,39,44,50,57,73H,10-12,15,24,31-36H2,1-9H3,(H,66,76)(H,69,74)(H,67,70,75)/t39-,44+,50-,57+/m0/s1. The minimum absolute atomic E-state index is 0.00551. The average molecular weight is 1150 g/mol. The van der Waals surface area contributed by atoms with Crippen LogP contribution in [-0.2, 0) is 32.1 Å². The predicted molar refractivity (Wildman–Crippen MR) is 323 cm³/mol. The SMILES string of the molecule is Cc1ncsc1-c1ccc([C@H](C)NC(=O)[C@@H]2C[C@@H](O)CN2C(=O)[C@@H](NC(=O)CCCCCCOc2cccc(-c3ccc(N4CCc5cccc(C(=O)Nc6nc7ccccc7s6)c5C4)nc3C(=O)OC(C)(C)C)c2C)C(C)(C)C)cc1. The number of β-amino-alcohol motifs (C(OH)–C–C–N with tert-alkyl or cyclic N) is 1. The number of thiazole rings is 2. The van der Waals surface area contributed by atoms with Gasteiger partial charge in [-0.1, -0.05) is 106 Å². The fraction of sp³-hybridized carbons (Fsp3) is 0.406. The largest absolute Gasteiger partial charge is 0.493 e. The molecule has 5 heterocycles. The van der Waals surface area contributed by atoms with Gasteiger partial charge in [-0.05, 0) is 136 Å². The Morgan fingerprint density at radius 3 is 2.32 bits per heavy atom. The number of ether oxygens (including phenoxy) is 2. The lowest BCUT2D eigenvalue weighted by molar-refractivity contribution is -0.144. The van der Waals surface area contributed by atoms with Crippen LogP contribution in [0.2, 0.25) is 0 Å². The molecule has 0 bridgehead atoms. The highest BCUT2D eigenvalue weighted by Crippen LogP contribution is 2.37. The molecule has 3 aromatic heterocycles. The zero-order valence-electron chi connectivity index (χ0n) is 48.3. The number of fused-ring (bicyclic) bond motifs is 2. The van der Waals surface area contributed by atoms with E-state index in [2.05, 4.69) is 36.9 Å². The summed E-state index contributed by atoms with van der Waals surface area (Å²) in [6.07, 6.45) is 3.01. The number of likely N-dealkylation sites (tertiary alicyclic amines) is 1. The molecular formula is C64H74N8O8S2. The second-order valence-electron chi connectivity index (χ2n) is 23.4. The van der Waals surface area contributed by atoms with Crippen LogP contribution in [0.15, 0.2) is 103 Å². The number of aliphatic hydroxyl groups excluding tert-OH is 1. The number of aliphatic hydroxyl groups is 1. The molecule has 0 unspecified atom stereocenters. The summed E-state index contributed by atoms with van der Waals surface area (Å²) in [5.41, 5.74) is 9.05. The highest BCUT2D eigenvalue weighted by Gasteiger charge is 2.45. The van der Waals surface area contributed by atoms with E-state index in [1.54, 1.807) is 11.3 Å². The van der Waals surface area contributed by atoms with Crippen molar-refractivity contribution in [2.75, 3.05) is 29.9 Å². The van der Waals surface area contributed by atoms with Crippen molar-refractivity contribution < 1.29 is 38.6 Å². The first-order chi connectivity index (χ1) is 39.1. The molecule has 18 heteroatoms. The first-order valence-corrected chi connectivity index (χ1v) is 29.9. The fourth-order valence-electron chi connectivity index (χ4n) is 10.6. The van der Waals surface area contributed by atoms with Gasteiger partial charge in [0.05, 0.1) is 45.1 Å². The molecule has 4 amide bonds. The number of benzene rings is 4. The van der Waals surface area contributed by atoms with E-state index >= 15 is 0 Å². The third-order valence-electron chi connectivity index (χ3n) is 15.0. The van der Waals surface area contributed by atoms with Crippen molar-refractivity contribution in [2.45, 2.75) is 144 Å². The number of pyridine rings is 1. The van der Waals surface area contributed by atoms with Gasteiger partial charge in [0, 0.05) is 43.6 Å². The summed E-state index contributed by atoms with van der Waals surface area (Å²) in [4.78, 5) is 88.0. The lowest BCUT2D eigenvalue weighted by Gasteiger charge is -2.35. The molecule has 2 aliphatic rings. The maximum atomic E-state index is 14.3. The van der Waals surface area contributed by atoms with Crippen molar-refractivity contribution in [1.82, 2.24) is 30.5 Å². The van der Waals surface area contributed by atoms with E-state index in [1.165, 1.54) is 16.2 Å². The van der Waals surface area contributed by atoms with Crippen LogP contribution in [0.5, 0.6) is 5.75 Å². The van der Waals surface area contributed by atoms with Crippen LogP contribution in [0.4, 0.5) is 10.9 Å². The van der Waals surface area contributed by atoms with E-state index in [1.807, 2.05) is 159 Å². The molecule has 4 atom stereocenters. The number of aromatic nitrogens is 3. The first-order valence-electron chi connectivity index (χ1n) is 28.2. The molecule has 4 aromatic carbocycles. The van der Waals surface area contributed by atoms with Crippen molar-refractivity contribution in [3.63, 3.8) is 0 Å². The van der Waals surface area contributed by atoms with Crippen molar-refractivity contribution in [2.24, 2.45) is 5.41 Å². The normalized spacial score (nSPS) is 16.1. The van der Waals surface area contributed by atoms with Crippen LogP contribution >= 0.6 is 22.7 Å². The number of rotatable bonds is 19. The van der Waals surface area contributed by atoms with Gasteiger partial charge in [-0.15, -0.1) is 11.3 Å². The lowest BCUT2D eigenvalue weighted by Crippen LogP contribution is -2.57. The summed E-state index contributed by atoms with van der Waals surface area (Å²) in [6, 6.07) is 29.0. The number of esters is 1. The molecule has 1 saturated heterocycles. The smallest absolute Gasteiger partial charge is 0.358 e. The third-order valence-corrected chi connectivity index (χ3v) is 16.9. The fourth-order valence-corrected chi connectivity index (χ4v) is 12.3. The number of carbonyl (C=O) groups excluding carboxylic acids is 5. The van der Waals surface area contributed by atoms with Crippen LogP contribution in [0.25, 0.3) is 31.8 Å². The molecule has 82 heavy (non-hydrogen) atoms. The number of nitrogens with one attached hydrogen (secondary N) is 3. The number of carbonyl (C=O) groups is 5.